The number of hydrogen-bond donors (Lipinski definition) is 1. The molecule has 0 fully saturated rings. The number of fused-ring (bicyclic) bond motifs is 1. The highest BCUT2D eigenvalue weighted by molar-refractivity contribution is 5.80. The molecule has 0 atom stereocenters. The van der Waals surface area contributed by atoms with Crippen molar-refractivity contribution in [3.05, 3.63) is 53.6 Å². The number of hydrogen-bond acceptors (Lipinski definition) is 3. The second kappa shape index (κ2) is 5.20. The molecule has 0 aliphatic heterocycles. The first-order valence-electron chi connectivity index (χ1n) is 7.21. The van der Waals surface area contributed by atoms with Crippen LogP contribution in [0.5, 0.6) is 0 Å². The van der Waals surface area contributed by atoms with Crippen LogP contribution in [0.3, 0.4) is 0 Å². The van der Waals surface area contributed by atoms with E-state index in [0.717, 1.165) is 29.1 Å². The van der Waals surface area contributed by atoms with Crippen molar-refractivity contribution >= 4 is 16.7 Å². The van der Waals surface area contributed by atoms with E-state index in [4.69, 9.17) is 10.7 Å². The van der Waals surface area contributed by atoms with E-state index in [0.29, 0.717) is 5.92 Å². The fourth-order valence-electron chi connectivity index (χ4n) is 2.60. The molecule has 4 heteroatoms. The molecule has 0 amide bonds. The third-order valence-corrected chi connectivity index (χ3v) is 3.79. The van der Waals surface area contributed by atoms with Crippen molar-refractivity contribution < 1.29 is 0 Å². The van der Waals surface area contributed by atoms with Crippen LogP contribution >= 0.6 is 0 Å². The van der Waals surface area contributed by atoms with Crippen LogP contribution in [0, 0.1) is 6.92 Å². The molecule has 0 saturated heterocycles. The van der Waals surface area contributed by atoms with Gasteiger partial charge in [-0.2, -0.15) is 0 Å². The minimum atomic E-state index is 0.357. The van der Waals surface area contributed by atoms with E-state index in [9.17, 15) is 0 Å². The lowest BCUT2D eigenvalue weighted by atomic mass is 10.1. The predicted octanol–water partition coefficient (Wildman–Crippen LogP) is 3.49. The Balaban J connectivity index is 2.16. The number of nitrogen functional groups attached to an aromatic ring is 1. The van der Waals surface area contributed by atoms with E-state index in [1.54, 1.807) is 0 Å². The molecule has 4 nitrogen and oxygen atoms in total. The summed E-state index contributed by atoms with van der Waals surface area (Å²) >= 11 is 0. The highest BCUT2D eigenvalue weighted by Gasteiger charge is 2.14. The molecule has 2 heterocycles. The first-order valence-corrected chi connectivity index (χ1v) is 7.21. The van der Waals surface area contributed by atoms with Gasteiger partial charge in [-0.05, 0) is 42.3 Å². The SMILES string of the molecule is Cc1ccncc1Cn1c(C(C)C)nc2cc(N)ccc21. The summed E-state index contributed by atoms with van der Waals surface area (Å²) in [6, 6.07) is 7.96. The molecular weight excluding hydrogens is 260 g/mol. The molecule has 1 aromatic carbocycles. The predicted molar refractivity (Wildman–Crippen MR) is 86.3 cm³/mol. The summed E-state index contributed by atoms with van der Waals surface area (Å²) < 4.78 is 2.27. The zero-order valence-corrected chi connectivity index (χ0v) is 12.7. The molecule has 3 aromatic rings. The Labute approximate surface area is 124 Å². The van der Waals surface area contributed by atoms with Gasteiger partial charge in [0.15, 0.2) is 0 Å². The second-order valence-electron chi connectivity index (χ2n) is 5.76. The molecule has 108 valence electrons. The van der Waals surface area contributed by atoms with Crippen LogP contribution < -0.4 is 5.73 Å². The van der Waals surface area contributed by atoms with Gasteiger partial charge in [0.2, 0.25) is 0 Å². The van der Waals surface area contributed by atoms with Crippen LogP contribution in [-0.2, 0) is 6.54 Å². The lowest BCUT2D eigenvalue weighted by Crippen LogP contribution is -2.08. The van der Waals surface area contributed by atoms with E-state index in [-0.39, 0.29) is 0 Å². The molecule has 0 radical (unpaired) electrons. The summed E-state index contributed by atoms with van der Waals surface area (Å²) in [5.74, 6) is 1.44. The van der Waals surface area contributed by atoms with Crippen molar-refractivity contribution in [2.24, 2.45) is 0 Å². The van der Waals surface area contributed by atoms with Crippen LogP contribution in [0.15, 0.2) is 36.7 Å². The smallest absolute Gasteiger partial charge is 0.112 e. The van der Waals surface area contributed by atoms with Gasteiger partial charge in [0.25, 0.3) is 0 Å². The minimum Gasteiger partial charge on any atom is -0.399 e. The topological polar surface area (TPSA) is 56.7 Å². The van der Waals surface area contributed by atoms with Crippen LogP contribution in [-0.4, -0.2) is 14.5 Å². The van der Waals surface area contributed by atoms with E-state index in [1.807, 2.05) is 30.6 Å². The maximum absolute atomic E-state index is 5.88. The van der Waals surface area contributed by atoms with Crippen LogP contribution in [0.2, 0.25) is 0 Å². The van der Waals surface area contributed by atoms with Gasteiger partial charge in [-0.1, -0.05) is 13.8 Å². The third-order valence-electron chi connectivity index (χ3n) is 3.79. The summed E-state index contributed by atoms with van der Waals surface area (Å²) in [5, 5.41) is 0. The Bertz CT molecular complexity index is 787. The van der Waals surface area contributed by atoms with Crippen molar-refractivity contribution in [1.29, 1.82) is 0 Å². The minimum absolute atomic E-state index is 0.357. The van der Waals surface area contributed by atoms with Crippen molar-refractivity contribution in [3.63, 3.8) is 0 Å². The normalized spacial score (nSPS) is 11.4. The van der Waals surface area contributed by atoms with Gasteiger partial charge in [-0.3, -0.25) is 4.98 Å². The maximum atomic E-state index is 5.88. The van der Waals surface area contributed by atoms with Gasteiger partial charge in [-0.25, -0.2) is 4.98 Å². The summed E-state index contributed by atoms with van der Waals surface area (Å²) in [4.78, 5) is 9.00. The molecule has 2 N–H and O–H groups in total. The molecule has 0 unspecified atom stereocenters. The van der Waals surface area contributed by atoms with Gasteiger partial charge < -0.3 is 10.3 Å². The van der Waals surface area contributed by atoms with E-state index < -0.39 is 0 Å². The standard InChI is InChI=1S/C17H20N4/c1-11(2)17-20-15-8-14(18)4-5-16(15)21(17)10-13-9-19-7-6-12(13)3/h4-9,11H,10,18H2,1-3H3. The molecule has 0 saturated carbocycles. The fraction of sp³-hybridized carbons (Fsp3) is 0.294. The highest BCUT2D eigenvalue weighted by Crippen LogP contribution is 2.25. The second-order valence-corrected chi connectivity index (χ2v) is 5.76. The van der Waals surface area contributed by atoms with Crippen molar-refractivity contribution in [3.8, 4) is 0 Å². The molecular formula is C17H20N4. The van der Waals surface area contributed by atoms with Gasteiger partial charge in [0.05, 0.1) is 17.6 Å². The zero-order valence-electron chi connectivity index (χ0n) is 12.7. The van der Waals surface area contributed by atoms with Crippen molar-refractivity contribution in [1.82, 2.24) is 14.5 Å². The molecule has 3 rings (SSSR count). The number of nitrogens with zero attached hydrogens (tertiary/aromatic N) is 3. The van der Waals surface area contributed by atoms with E-state index >= 15 is 0 Å². The average molecular weight is 280 g/mol. The molecule has 0 bridgehead atoms. The number of nitrogens with two attached hydrogens (primary N) is 1. The lowest BCUT2D eigenvalue weighted by Gasteiger charge is -2.13. The zero-order chi connectivity index (χ0) is 15.0. The molecule has 21 heavy (non-hydrogen) atoms. The average Bonchev–Trinajstić information content (AvgIpc) is 2.79. The molecule has 2 aromatic heterocycles. The number of benzene rings is 1. The van der Waals surface area contributed by atoms with Gasteiger partial charge in [-0.15, -0.1) is 0 Å². The monoisotopic (exact) mass is 280 g/mol. The largest absolute Gasteiger partial charge is 0.399 e. The van der Waals surface area contributed by atoms with E-state index in [2.05, 4.69) is 36.4 Å². The van der Waals surface area contributed by atoms with E-state index in [1.165, 1.54) is 11.1 Å². The highest BCUT2D eigenvalue weighted by atomic mass is 15.1. The fourth-order valence-corrected chi connectivity index (χ4v) is 2.60. The Hall–Kier alpha value is -2.36. The van der Waals surface area contributed by atoms with Gasteiger partial charge in [0.1, 0.15) is 5.82 Å². The quantitative estimate of drug-likeness (QED) is 0.747. The molecule has 0 aliphatic carbocycles. The summed E-state index contributed by atoms with van der Waals surface area (Å²) in [7, 11) is 0. The van der Waals surface area contributed by atoms with Crippen LogP contribution in [0.25, 0.3) is 11.0 Å². The lowest BCUT2D eigenvalue weighted by molar-refractivity contribution is 0.680. The number of anilines is 1. The van der Waals surface area contributed by atoms with Gasteiger partial charge in [0, 0.05) is 24.0 Å². The Morgan fingerprint density at radius 3 is 2.76 bits per heavy atom. The Morgan fingerprint density at radius 2 is 2.05 bits per heavy atom. The maximum Gasteiger partial charge on any atom is 0.112 e. The summed E-state index contributed by atoms with van der Waals surface area (Å²) in [6.07, 6.45) is 3.76. The number of rotatable bonds is 3. The molecule has 0 spiro atoms. The number of imidazole rings is 1. The first-order chi connectivity index (χ1) is 10.1. The van der Waals surface area contributed by atoms with Gasteiger partial charge >= 0.3 is 0 Å². The van der Waals surface area contributed by atoms with Crippen molar-refractivity contribution in [2.45, 2.75) is 33.2 Å². The first kappa shape index (κ1) is 13.6. The number of pyridine rings is 1. The third kappa shape index (κ3) is 2.49. The number of aromatic nitrogens is 3. The Morgan fingerprint density at radius 1 is 1.24 bits per heavy atom. The van der Waals surface area contributed by atoms with Crippen LogP contribution in [0.4, 0.5) is 5.69 Å². The molecule has 0 aliphatic rings. The summed E-state index contributed by atoms with van der Waals surface area (Å²) in [5.41, 5.74) is 11.2. The van der Waals surface area contributed by atoms with Crippen molar-refractivity contribution in [2.75, 3.05) is 5.73 Å². The Kier molecular flexibility index (Phi) is 3.37. The summed E-state index contributed by atoms with van der Waals surface area (Å²) in [6.45, 7) is 7.23. The van der Waals surface area contributed by atoms with Crippen LogP contribution in [0.1, 0.15) is 36.7 Å². The number of aryl methyl sites for hydroxylation is 1.